The maximum atomic E-state index is 11.2. The molecule has 0 aliphatic carbocycles. The summed E-state index contributed by atoms with van der Waals surface area (Å²) in [6.45, 7) is 4.70. The van der Waals surface area contributed by atoms with Crippen LogP contribution in [0.5, 0.6) is 0 Å². The largest absolute Gasteiger partial charge is 0.468 e. The van der Waals surface area contributed by atoms with Crippen LogP contribution >= 0.6 is 0 Å². The van der Waals surface area contributed by atoms with Gasteiger partial charge in [0, 0.05) is 6.61 Å². The highest BCUT2D eigenvalue weighted by atomic mass is 16.5. The van der Waals surface area contributed by atoms with Crippen LogP contribution in [0.25, 0.3) is 0 Å². The van der Waals surface area contributed by atoms with Crippen LogP contribution in [-0.4, -0.2) is 31.3 Å². The first-order valence-corrected chi connectivity index (χ1v) is 4.93. The average Bonchev–Trinajstić information content (AvgIpc) is 2.14. The molecule has 0 aromatic carbocycles. The lowest BCUT2D eigenvalue weighted by molar-refractivity contribution is -0.146. The molecule has 0 aromatic rings. The lowest BCUT2D eigenvalue weighted by atomic mass is 9.84. The Hall–Kier alpha value is -0.610. The zero-order valence-corrected chi connectivity index (χ0v) is 9.08. The highest BCUT2D eigenvalue weighted by molar-refractivity contribution is 5.75. The van der Waals surface area contributed by atoms with Gasteiger partial charge in [-0.3, -0.25) is 4.79 Å². The first-order chi connectivity index (χ1) is 6.46. The van der Waals surface area contributed by atoms with Crippen molar-refractivity contribution < 1.29 is 14.3 Å². The fourth-order valence-electron chi connectivity index (χ4n) is 1.91. The third-order valence-electron chi connectivity index (χ3n) is 2.72. The summed E-state index contributed by atoms with van der Waals surface area (Å²) in [4.78, 5) is 11.2. The van der Waals surface area contributed by atoms with E-state index in [1.807, 2.05) is 13.8 Å². The number of carbonyl (C=O) groups is 1. The SMILES string of the molecule is COC(=O)[C@H](N)[C@H]1CCOC(C)(C)C1. The number of ether oxygens (including phenoxy) is 2. The van der Waals surface area contributed by atoms with E-state index in [1.165, 1.54) is 7.11 Å². The molecule has 0 aromatic heterocycles. The van der Waals surface area contributed by atoms with Gasteiger partial charge in [0.2, 0.25) is 0 Å². The predicted molar refractivity (Wildman–Crippen MR) is 52.7 cm³/mol. The molecule has 0 unspecified atom stereocenters. The number of esters is 1. The monoisotopic (exact) mass is 201 g/mol. The van der Waals surface area contributed by atoms with Gasteiger partial charge in [0.1, 0.15) is 6.04 Å². The lowest BCUT2D eigenvalue weighted by Gasteiger charge is -2.37. The Labute approximate surface area is 84.7 Å². The van der Waals surface area contributed by atoms with E-state index in [0.29, 0.717) is 6.61 Å². The molecule has 0 bridgehead atoms. The van der Waals surface area contributed by atoms with Crippen LogP contribution in [0.3, 0.4) is 0 Å². The van der Waals surface area contributed by atoms with Crippen LogP contribution < -0.4 is 5.73 Å². The van der Waals surface area contributed by atoms with Gasteiger partial charge in [0.15, 0.2) is 0 Å². The molecule has 82 valence electrons. The molecule has 4 nitrogen and oxygen atoms in total. The molecule has 1 rings (SSSR count). The molecule has 1 aliphatic rings. The number of rotatable bonds is 2. The van der Waals surface area contributed by atoms with Crippen molar-refractivity contribution in [3.8, 4) is 0 Å². The quantitative estimate of drug-likeness (QED) is 0.668. The molecule has 1 heterocycles. The molecule has 2 atom stereocenters. The van der Waals surface area contributed by atoms with Crippen LogP contribution in [0.1, 0.15) is 26.7 Å². The van der Waals surface area contributed by atoms with Crippen molar-refractivity contribution in [1.82, 2.24) is 0 Å². The molecular weight excluding hydrogens is 182 g/mol. The van der Waals surface area contributed by atoms with E-state index in [-0.39, 0.29) is 17.5 Å². The van der Waals surface area contributed by atoms with E-state index in [9.17, 15) is 4.79 Å². The topological polar surface area (TPSA) is 61.5 Å². The van der Waals surface area contributed by atoms with Crippen molar-refractivity contribution in [3.05, 3.63) is 0 Å². The number of hydrogen-bond acceptors (Lipinski definition) is 4. The second-order valence-electron chi connectivity index (χ2n) is 4.41. The molecule has 0 saturated carbocycles. The van der Waals surface area contributed by atoms with E-state index in [1.54, 1.807) is 0 Å². The fourth-order valence-corrected chi connectivity index (χ4v) is 1.91. The zero-order chi connectivity index (χ0) is 10.8. The van der Waals surface area contributed by atoms with Gasteiger partial charge in [0.05, 0.1) is 12.7 Å². The Balaban J connectivity index is 2.56. The van der Waals surface area contributed by atoms with Crippen LogP contribution in [0.15, 0.2) is 0 Å². The number of nitrogens with two attached hydrogens (primary N) is 1. The second kappa shape index (κ2) is 4.28. The third-order valence-corrected chi connectivity index (χ3v) is 2.72. The smallest absolute Gasteiger partial charge is 0.322 e. The summed E-state index contributed by atoms with van der Waals surface area (Å²) in [6, 6.07) is -0.511. The summed E-state index contributed by atoms with van der Waals surface area (Å²) in [6.07, 6.45) is 1.64. The first-order valence-electron chi connectivity index (χ1n) is 4.93. The molecule has 2 N–H and O–H groups in total. The van der Waals surface area contributed by atoms with E-state index in [0.717, 1.165) is 12.8 Å². The van der Waals surface area contributed by atoms with Gasteiger partial charge in [0.25, 0.3) is 0 Å². The van der Waals surface area contributed by atoms with Gasteiger partial charge in [-0.15, -0.1) is 0 Å². The van der Waals surface area contributed by atoms with Crippen molar-refractivity contribution in [1.29, 1.82) is 0 Å². The summed E-state index contributed by atoms with van der Waals surface area (Å²) in [5.74, 6) is -0.154. The number of carbonyl (C=O) groups excluding carboxylic acids is 1. The predicted octanol–water partition coefficient (Wildman–Crippen LogP) is 0.692. The maximum Gasteiger partial charge on any atom is 0.322 e. The highest BCUT2D eigenvalue weighted by Gasteiger charge is 2.35. The van der Waals surface area contributed by atoms with E-state index >= 15 is 0 Å². The second-order valence-corrected chi connectivity index (χ2v) is 4.41. The van der Waals surface area contributed by atoms with Crippen molar-refractivity contribution in [3.63, 3.8) is 0 Å². The van der Waals surface area contributed by atoms with Gasteiger partial charge in [-0.1, -0.05) is 0 Å². The minimum atomic E-state index is -0.511. The first kappa shape index (κ1) is 11.5. The maximum absolute atomic E-state index is 11.2. The van der Waals surface area contributed by atoms with Crippen molar-refractivity contribution in [2.45, 2.75) is 38.3 Å². The number of hydrogen-bond donors (Lipinski definition) is 1. The molecule has 0 amide bonds. The Morgan fingerprint density at radius 1 is 1.64 bits per heavy atom. The summed E-state index contributed by atoms with van der Waals surface area (Å²) in [7, 11) is 1.37. The Morgan fingerprint density at radius 3 is 2.79 bits per heavy atom. The van der Waals surface area contributed by atoms with Gasteiger partial charge in [-0.2, -0.15) is 0 Å². The third kappa shape index (κ3) is 2.69. The Morgan fingerprint density at radius 2 is 2.29 bits per heavy atom. The van der Waals surface area contributed by atoms with Crippen molar-refractivity contribution in [2.75, 3.05) is 13.7 Å². The molecular formula is C10H19NO3. The fraction of sp³-hybridized carbons (Fsp3) is 0.900. The molecule has 0 spiro atoms. The average molecular weight is 201 g/mol. The van der Waals surface area contributed by atoms with Gasteiger partial charge in [-0.05, 0) is 32.6 Å². The molecule has 1 fully saturated rings. The molecule has 4 heteroatoms. The summed E-state index contributed by atoms with van der Waals surface area (Å²) in [5, 5.41) is 0. The van der Waals surface area contributed by atoms with Crippen LogP contribution in [0, 0.1) is 5.92 Å². The summed E-state index contributed by atoms with van der Waals surface area (Å²) < 4.78 is 10.2. The summed E-state index contributed by atoms with van der Waals surface area (Å²) in [5.41, 5.74) is 5.62. The van der Waals surface area contributed by atoms with Gasteiger partial charge >= 0.3 is 5.97 Å². The molecule has 1 aliphatic heterocycles. The van der Waals surface area contributed by atoms with Gasteiger partial charge < -0.3 is 15.2 Å². The van der Waals surface area contributed by atoms with Crippen molar-refractivity contribution in [2.24, 2.45) is 11.7 Å². The highest BCUT2D eigenvalue weighted by Crippen LogP contribution is 2.30. The normalized spacial score (nSPS) is 28.1. The number of methoxy groups -OCH3 is 1. The van der Waals surface area contributed by atoms with Crippen LogP contribution in [0.4, 0.5) is 0 Å². The van der Waals surface area contributed by atoms with Gasteiger partial charge in [-0.25, -0.2) is 0 Å². The van der Waals surface area contributed by atoms with Crippen LogP contribution in [-0.2, 0) is 14.3 Å². The van der Waals surface area contributed by atoms with E-state index < -0.39 is 6.04 Å². The standard InChI is InChI=1S/C10H19NO3/c1-10(2)6-7(4-5-14-10)8(11)9(12)13-3/h7-8H,4-6,11H2,1-3H3/t7-,8+/m0/s1. The minimum Gasteiger partial charge on any atom is -0.468 e. The molecule has 14 heavy (non-hydrogen) atoms. The Kier molecular flexibility index (Phi) is 3.50. The molecule has 0 radical (unpaired) electrons. The van der Waals surface area contributed by atoms with E-state index in [2.05, 4.69) is 4.74 Å². The van der Waals surface area contributed by atoms with Crippen molar-refractivity contribution >= 4 is 5.97 Å². The zero-order valence-electron chi connectivity index (χ0n) is 9.08. The lowest BCUT2D eigenvalue weighted by Crippen LogP contribution is -2.46. The molecule has 1 saturated heterocycles. The van der Waals surface area contributed by atoms with E-state index in [4.69, 9.17) is 10.5 Å². The Bertz CT molecular complexity index is 215. The van der Waals surface area contributed by atoms with Crippen LogP contribution in [0.2, 0.25) is 0 Å². The minimum absolute atomic E-state index is 0.172. The summed E-state index contributed by atoms with van der Waals surface area (Å²) >= 11 is 0.